The maximum atomic E-state index is 13.1. The zero-order valence-electron chi connectivity index (χ0n) is 11.3. The predicted octanol–water partition coefficient (Wildman–Crippen LogP) is 2.92. The normalized spacial score (nSPS) is 18.1. The minimum absolute atomic E-state index is 0.256. The van der Waals surface area contributed by atoms with E-state index in [9.17, 15) is 4.39 Å². The standard InChI is InChI=1S/C15H18FN3O/c16-12-6-4-5-11(9-12)10-13-18-14(20-19-13)15(17)7-2-1-3-8-15/h4-6,9H,1-3,7-8,10,17H2. The number of nitrogens with zero attached hydrogens (tertiary/aromatic N) is 2. The van der Waals surface area contributed by atoms with Crippen molar-refractivity contribution in [3.63, 3.8) is 0 Å². The van der Waals surface area contributed by atoms with Crippen LogP contribution in [0.25, 0.3) is 0 Å². The quantitative estimate of drug-likeness (QED) is 0.935. The molecule has 0 amide bonds. The SMILES string of the molecule is NC1(c2nc(Cc3cccc(F)c3)no2)CCCCC1. The summed E-state index contributed by atoms with van der Waals surface area (Å²) in [6.45, 7) is 0. The van der Waals surface area contributed by atoms with Crippen molar-refractivity contribution in [3.8, 4) is 0 Å². The zero-order chi connectivity index (χ0) is 14.0. The lowest BCUT2D eigenvalue weighted by molar-refractivity contribution is 0.219. The topological polar surface area (TPSA) is 64.9 Å². The van der Waals surface area contributed by atoms with Crippen LogP contribution in [-0.2, 0) is 12.0 Å². The van der Waals surface area contributed by atoms with Crippen molar-refractivity contribution in [2.45, 2.75) is 44.1 Å². The van der Waals surface area contributed by atoms with Gasteiger partial charge in [-0.15, -0.1) is 0 Å². The molecular formula is C15H18FN3O. The third-order valence-corrected chi connectivity index (χ3v) is 3.89. The highest BCUT2D eigenvalue weighted by atomic mass is 19.1. The smallest absolute Gasteiger partial charge is 0.246 e. The molecule has 0 unspecified atom stereocenters. The van der Waals surface area contributed by atoms with E-state index < -0.39 is 5.54 Å². The van der Waals surface area contributed by atoms with Gasteiger partial charge in [0.15, 0.2) is 5.82 Å². The van der Waals surface area contributed by atoms with E-state index in [4.69, 9.17) is 10.3 Å². The second-order valence-corrected chi connectivity index (χ2v) is 5.54. The lowest BCUT2D eigenvalue weighted by atomic mass is 9.82. The van der Waals surface area contributed by atoms with Crippen LogP contribution in [0.3, 0.4) is 0 Å². The Balaban J connectivity index is 1.76. The molecule has 1 fully saturated rings. The van der Waals surface area contributed by atoms with Gasteiger partial charge < -0.3 is 10.3 Å². The predicted molar refractivity (Wildman–Crippen MR) is 72.5 cm³/mol. The first kappa shape index (κ1) is 13.2. The summed E-state index contributed by atoms with van der Waals surface area (Å²) in [5.74, 6) is 0.818. The number of rotatable bonds is 3. The van der Waals surface area contributed by atoms with E-state index >= 15 is 0 Å². The first-order chi connectivity index (χ1) is 9.66. The highest BCUT2D eigenvalue weighted by Crippen LogP contribution is 2.33. The monoisotopic (exact) mass is 275 g/mol. The van der Waals surface area contributed by atoms with Crippen molar-refractivity contribution in [2.75, 3.05) is 0 Å². The van der Waals surface area contributed by atoms with Gasteiger partial charge in [0.1, 0.15) is 5.82 Å². The minimum atomic E-state index is -0.481. The molecule has 1 aromatic carbocycles. The van der Waals surface area contributed by atoms with Crippen LogP contribution in [0.1, 0.15) is 49.4 Å². The summed E-state index contributed by atoms with van der Waals surface area (Å²) < 4.78 is 18.5. The summed E-state index contributed by atoms with van der Waals surface area (Å²) >= 11 is 0. The maximum absolute atomic E-state index is 13.1. The van der Waals surface area contributed by atoms with Gasteiger partial charge in [0.05, 0.1) is 5.54 Å². The van der Waals surface area contributed by atoms with Crippen LogP contribution in [0.4, 0.5) is 4.39 Å². The van der Waals surface area contributed by atoms with Crippen molar-refractivity contribution in [1.82, 2.24) is 10.1 Å². The van der Waals surface area contributed by atoms with Crippen LogP contribution in [-0.4, -0.2) is 10.1 Å². The Morgan fingerprint density at radius 3 is 2.80 bits per heavy atom. The highest BCUT2D eigenvalue weighted by Gasteiger charge is 2.35. The first-order valence-corrected chi connectivity index (χ1v) is 7.02. The molecule has 106 valence electrons. The lowest BCUT2D eigenvalue weighted by Crippen LogP contribution is -2.39. The Kier molecular flexibility index (Phi) is 3.53. The summed E-state index contributed by atoms with van der Waals surface area (Å²) in [6.07, 6.45) is 5.62. The van der Waals surface area contributed by atoms with Crippen LogP contribution in [0, 0.1) is 5.82 Å². The fourth-order valence-corrected chi connectivity index (χ4v) is 2.75. The molecule has 2 aromatic rings. The molecule has 4 nitrogen and oxygen atoms in total. The molecule has 3 rings (SSSR count). The highest BCUT2D eigenvalue weighted by molar-refractivity contribution is 5.20. The molecule has 0 saturated heterocycles. The van der Waals surface area contributed by atoms with Crippen molar-refractivity contribution < 1.29 is 8.91 Å². The van der Waals surface area contributed by atoms with Gasteiger partial charge in [0.25, 0.3) is 0 Å². The van der Waals surface area contributed by atoms with Crippen molar-refractivity contribution in [2.24, 2.45) is 5.73 Å². The second kappa shape index (κ2) is 5.32. The lowest BCUT2D eigenvalue weighted by Gasteiger charge is -2.29. The number of hydrogen-bond acceptors (Lipinski definition) is 4. The molecular weight excluding hydrogens is 257 g/mol. The number of halogens is 1. The maximum Gasteiger partial charge on any atom is 0.246 e. The number of benzene rings is 1. The van der Waals surface area contributed by atoms with Crippen LogP contribution in [0.2, 0.25) is 0 Å². The van der Waals surface area contributed by atoms with Crippen LogP contribution in [0.5, 0.6) is 0 Å². The van der Waals surface area contributed by atoms with E-state index in [0.29, 0.717) is 18.1 Å². The number of nitrogens with two attached hydrogens (primary N) is 1. The van der Waals surface area contributed by atoms with Gasteiger partial charge in [0, 0.05) is 6.42 Å². The van der Waals surface area contributed by atoms with E-state index in [1.807, 2.05) is 6.07 Å². The molecule has 1 aromatic heterocycles. The zero-order valence-corrected chi connectivity index (χ0v) is 11.3. The molecule has 1 saturated carbocycles. The van der Waals surface area contributed by atoms with E-state index in [1.54, 1.807) is 6.07 Å². The van der Waals surface area contributed by atoms with E-state index in [1.165, 1.54) is 18.6 Å². The molecule has 20 heavy (non-hydrogen) atoms. The third-order valence-electron chi connectivity index (χ3n) is 3.89. The molecule has 0 radical (unpaired) electrons. The van der Waals surface area contributed by atoms with Gasteiger partial charge in [-0.25, -0.2) is 4.39 Å². The Bertz CT molecular complexity index is 590. The molecule has 1 heterocycles. The molecule has 0 spiro atoms. The van der Waals surface area contributed by atoms with E-state index in [0.717, 1.165) is 31.2 Å². The van der Waals surface area contributed by atoms with Gasteiger partial charge in [-0.05, 0) is 30.5 Å². The third kappa shape index (κ3) is 2.72. The van der Waals surface area contributed by atoms with Gasteiger partial charge in [-0.3, -0.25) is 0 Å². The number of aromatic nitrogens is 2. The summed E-state index contributed by atoms with van der Waals surface area (Å²) in [5.41, 5.74) is 6.70. The Hall–Kier alpha value is -1.75. The number of hydrogen-bond donors (Lipinski definition) is 1. The molecule has 1 aliphatic carbocycles. The molecule has 0 bridgehead atoms. The Labute approximate surface area is 117 Å². The summed E-state index contributed by atoms with van der Waals surface area (Å²) in [6, 6.07) is 6.42. The van der Waals surface area contributed by atoms with Crippen LogP contribution >= 0.6 is 0 Å². The fourth-order valence-electron chi connectivity index (χ4n) is 2.75. The Morgan fingerprint density at radius 2 is 2.05 bits per heavy atom. The molecule has 0 atom stereocenters. The van der Waals surface area contributed by atoms with Crippen molar-refractivity contribution >= 4 is 0 Å². The molecule has 2 N–H and O–H groups in total. The van der Waals surface area contributed by atoms with Crippen molar-refractivity contribution in [1.29, 1.82) is 0 Å². The van der Waals surface area contributed by atoms with Gasteiger partial charge in [-0.2, -0.15) is 4.98 Å². The summed E-state index contributed by atoms with van der Waals surface area (Å²) in [4.78, 5) is 4.41. The molecule has 0 aliphatic heterocycles. The average molecular weight is 275 g/mol. The van der Waals surface area contributed by atoms with E-state index in [2.05, 4.69) is 10.1 Å². The fraction of sp³-hybridized carbons (Fsp3) is 0.467. The average Bonchev–Trinajstić information content (AvgIpc) is 2.89. The Morgan fingerprint density at radius 1 is 1.25 bits per heavy atom. The van der Waals surface area contributed by atoms with E-state index in [-0.39, 0.29) is 5.82 Å². The molecule has 5 heteroatoms. The molecule has 1 aliphatic rings. The van der Waals surface area contributed by atoms with Crippen LogP contribution < -0.4 is 5.73 Å². The first-order valence-electron chi connectivity index (χ1n) is 7.02. The second-order valence-electron chi connectivity index (χ2n) is 5.54. The summed E-state index contributed by atoms with van der Waals surface area (Å²) in [7, 11) is 0. The van der Waals surface area contributed by atoms with Crippen molar-refractivity contribution in [3.05, 3.63) is 47.4 Å². The van der Waals surface area contributed by atoms with Gasteiger partial charge in [-0.1, -0.05) is 36.6 Å². The van der Waals surface area contributed by atoms with Crippen LogP contribution in [0.15, 0.2) is 28.8 Å². The largest absolute Gasteiger partial charge is 0.337 e. The summed E-state index contributed by atoms with van der Waals surface area (Å²) in [5, 5.41) is 3.97. The van der Waals surface area contributed by atoms with Gasteiger partial charge >= 0.3 is 0 Å². The van der Waals surface area contributed by atoms with Gasteiger partial charge in [0.2, 0.25) is 5.89 Å². The minimum Gasteiger partial charge on any atom is -0.337 e.